The summed E-state index contributed by atoms with van der Waals surface area (Å²) >= 11 is 2.22. The summed E-state index contributed by atoms with van der Waals surface area (Å²) in [5.74, 6) is 0.723. The van der Waals surface area contributed by atoms with Gasteiger partial charge >= 0.3 is 0 Å². The van der Waals surface area contributed by atoms with Crippen molar-refractivity contribution in [3.05, 3.63) is 44.7 Å². The van der Waals surface area contributed by atoms with Crippen LogP contribution >= 0.6 is 22.6 Å². The van der Waals surface area contributed by atoms with Crippen molar-refractivity contribution in [3.8, 4) is 0 Å². The number of methoxy groups -OCH3 is 1. The Morgan fingerprint density at radius 1 is 1.33 bits per heavy atom. The molecule has 0 saturated carbocycles. The normalized spacial score (nSPS) is 10.8. The van der Waals surface area contributed by atoms with Gasteiger partial charge in [0.05, 0.1) is 22.4 Å². The summed E-state index contributed by atoms with van der Waals surface area (Å²) in [5, 5.41) is 4.45. The van der Waals surface area contributed by atoms with Crippen LogP contribution in [0.2, 0.25) is 0 Å². The largest absolute Gasteiger partial charge is 0.383 e. The van der Waals surface area contributed by atoms with Crippen molar-refractivity contribution in [3.63, 3.8) is 0 Å². The van der Waals surface area contributed by atoms with E-state index in [2.05, 4.69) is 39.8 Å². The van der Waals surface area contributed by atoms with E-state index in [1.807, 2.05) is 23.7 Å². The molecule has 96 valence electrons. The van der Waals surface area contributed by atoms with Crippen molar-refractivity contribution in [1.82, 2.24) is 9.78 Å². The van der Waals surface area contributed by atoms with Crippen molar-refractivity contribution in [2.75, 3.05) is 12.8 Å². The van der Waals surface area contributed by atoms with Crippen LogP contribution in [0.1, 0.15) is 16.8 Å². The number of rotatable bonds is 4. The van der Waals surface area contributed by atoms with Gasteiger partial charge in [0.15, 0.2) is 0 Å². The number of aromatic nitrogens is 2. The number of anilines is 1. The third kappa shape index (κ3) is 2.67. The molecule has 0 aliphatic heterocycles. The molecule has 0 aliphatic rings. The molecule has 2 aromatic rings. The molecule has 0 unspecified atom stereocenters. The van der Waals surface area contributed by atoms with Crippen LogP contribution in [0.25, 0.3) is 0 Å². The van der Waals surface area contributed by atoms with Gasteiger partial charge in [0.25, 0.3) is 0 Å². The molecule has 0 bridgehead atoms. The highest BCUT2D eigenvalue weighted by Gasteiger charge is 2.11. The van der Waals surface area contributed by atoms with Crippen LogP contribution in [0, 0.1) is 10.5 Å². The Hall–Kier alpha value is -1.08. The lowest BCUT2D eigenvalue weighted by molar-refractivity contribution is 0.184. The van der Waals surface area contributed by atoms with E-state index in [0.717, 1.165) is 15.1 Å². The Bertz CT molecular complexity index is 551. The first-order valence-electron chi connectivity index (χ1n) is 5.67. The van der Waals surface area contributed by atoms with Crippen molar-refractivity contribution < 1.29 is 4.74 Å². The van der Waals surface area contributed by atoms with Gasteiger partial charge in [0, 0.05) is 7.11 Å². The fourth-order valence-corrected chi connectivity index (χ4v) is 2.25. The highest BCUT2D eigenvalue weighted by Crippen LogP contribution is 2.20. The van der Waals surface area contributed by atoms with Crippen LogP contribution < -0.4 is 5.73 Å². The number of ether oxygens (including phenoxy) is 1. The van der Waals surface area contributed by atoms with Crippen molar-refractivity contribution >= 4 is 28.4 Å². The van der Waals surface area contributed by atoms with E-state index in [1.54, 1.807) is 7.11 Å². The van der Waals surface area contributed by atoms with E-state index in [-0.39, 0.29) is 0 Å². The fourth-order valence-electron chi connectivity index (χ4n) is 1.87. The van der Waals surface area contributed by atoms with E-state index in [0.29, 0.717) is 13.2 Å². The van der Waals surface area contributed by atoms with Crippen molar-refractivity contribution in [2.45, 2.75) is 20.1 Å². The summed E-state index contributed by atoms with van der Waals surface area (Å²) in [6.07, 6.45) is 0. The highest BCUT2D eigenvalue weighted by atomic mass is 127. The van der Waals surface area contributed by atoms with E-state index in [9.17, 15) is 0 Å². The number of nitrogens with two attached hydrogens (primary N) is 1. The molecule has 0 amide bonds. The first-order valence-corrected chi connectivity index (χ1v) is 6.75. The standard InChI is InChI=1S/C13H16IN3O/c1-9-12(14)13(15)17(16-9)7-10-5-3-4-6-11(10)8-18-2/h3-6H,7-8,15H2,1-2H3. The SMILES string of the molecule is COCc1ccccc1Cn1nc(C)c(I)c1N. The Kier molecular flexibility index (Phi) is 4.23. The van der Waals surface area contributed by atoms with E-state index in [4.69, 9.17) is 10.5 Å². The Balaban J connectivity index is 2.31. The zero-order chi connectivity index (χ0) is 13.1. The molecule has 0 spiro atoms. The molecular formula is C13H16IN3O. The zero-order valence-electron chi connectivity index (χ0n) is 10.5. The fraction of sp³-hybridized carbons (Fsp3) is 0.308. The van der Waals surface area contributed by atoms with Crippen molar-refractivity contribution in [1.29, 1.82) is 0 Å². The Labute approximate surface area is 120 Å². The summed E-state index contributed by atoms with van der Waals surface area (Å²) in [7, 11) is 1.70. The second-order valence-electron chi connectivity index (χ2n) is 4.14. The number of halogens is 1. The van der Waals surface area contributed by atoms with Crippen LogP contribution in [0.3, 0.4) is 0 Å². The molecule has 0 fully saturated rings. The summed E-state index contributed by atoms with van der Waals surface area (Å²) in [6, 6.07) is 8.18. The maximum absolute atomic E-state index is 6.04. The third-order valence-corrected chi connectivity index (χ3v) is 4.16. The van der Waals surface area contributed by atoms with Gasteiger partial charge in [-0.3, -0.25) is 0 Å². The number of nitrogen functional groups attached to an aromatic ring is 1. The molecule has 1 heterocycles. The van der Waals surface area contributed by atoms with Crippen LogP contribution in [-0.4, -0.2) is 16.9 Å². The molecule has 2 rings (SSSR count). The molecule has 0 radical (unpaired) electrons. The minimum atomic E-state index is 0.605. The van der Waals surface area contributed by atoms with E-state index in [1.165, 1.54) is 11.1 Å². The van der Waals surface area contributed by atoms with Gasteiger partial charge in [-0.15, -0.1) is 0 Å². The summed E-state index contributed by atoms with van der Waals surface area (Å²) in [5.41, 5.74) is 9.36. The van der Waals surface area contributed by atoms with Gasteiger partial charge in [0.1, 0.15) is 5.82 Å². The zero-order valence-corrected chi connectivity index (χ0v) is 12.6. The molecular weight excluding hydrogens is 341 g/mol. The predicted molar refractivity (Wildman–Crippen MR) is 80.4 cm³/mol. The van der Waals surface area contributed by atoms with E-state index >= 15 is 0 Å². The summed E-state index contributed by atoms with van der Waals surface area (Å²) in [4.78, 5) is 0. The molecule has 4 nitrogen and oxygen atoms in total. The van der Waals surface area contributed by atoms with Gasteiger partial charge in [-0.05, 0) is 40.6 Å². The smallest absolute Gasteiger partial charge is 0.135 e. The molecule has 5 heteroatoms. The molecule has 1 aromatic carbocycles. The van der Waals surface area contributed by atoms with Gasteiger partial charge in [-0.2, -0.15) is 5.10 Å². The average molecular weight is 357 g/mol. The first kappa shape index (κ1) is 13.4. The van der Waals surface area contributed by atoms with Gasteiger partial charge in [0.2, 0.25) is 0 Å². The third-order valence-electron chi connectivity index (χ3n) is 2.83. The van der Waals surface area contributed by atoms with Gasteiger partial charge in [-0.1, -0.05) is 24.3 Å². The monoisotopic (exact) mass is 357 g/mol. The second kappa shape index (κ2) is 5.71. The summed E-state index contributed by atoms with van der Waals surface area (Å²) in [6.45, 7) is 3.25. The van der Waals surface area contributed by atoms with E-state index < -0.39 is 0 Å². The molecule has 0 aliphatic carbocycles. The maximum atomic E-state index is 6.04. The van der Waals surface area contributed by atoms with Gasteiger partial charge < -0.3 is 10.5 Å². The Morgan fingerprint density at radius 2 is 2.00 bits per heavy atom. The lowest BCUT2D eigenvalue weighted by Gasteiger charge is -2.09. The average Bonchev–Trinajstić information content (AvgIpc) is 2.60. The molecule has 0 atom stereocenters. The number of nitrogens with zero attached hydrogens (tertiary/aromatic N) is 2. The molecule has 18 heavy (non-hydrogen) atoms. The second-order valence-corrected chi connectivity index (χ2v) is 5.22. The van der Waals surface area contributed by atoms with Gasteiger partial charge in [-0.25, -0.2) is 4.68 Å². The number of benzene rings is 1. The molecule has 2 N–H and O–H groups in total. The Morgan fingerprint density at radius 3 is 2.56 bits per heavy atom. The van der Waals surface area contributed by atoms with Crippen LogP contribution in [0.4, 0.5) is 5.82 Å². The predicted octanol–water partition coefficient (Wildman–Crippen LogP) is 2.57. The van der Waals surface area contributed by atoms with Crippen molar-refractivity contribution in [2.24, 2.45) is 0 Å². The number of hydrogen-bond acceptors (Lipinski definition) is 3. The lowest BCUT2D eigenvalue weighted by Crippen LogP contribution is -2.08. The number of hydrogen-bond donors (Lipinski definition) is 1. The van der Waals surface area contributed by atoms with Crippen LogP contribution in [-0.2, 0) is 17.9 Å². The lowest BCUT2D eigenvalue weighted by atomic mass is 10.1. The summed E-state index contributed by atoms with van der Waals surface area (Å²) < 4.78 is 8.07. The molecule has 1 aromatic heterocycles. The highest BCUT2D eigenvalue weighted by molar-refractivity contribution is 14.1. The minimum absolute atomic E-state index is 0.605. The quantitative estimate of drug-likeness (QED) is 0.856. The minimum Gasteiger partial charge on any atom is -0.383 e. The van der Waals surface area contributed by atoms with Crippen LogP contribution in [0.5, 0.6) is 0 Å². The topological polar surface area (TPSA) is 53.1 Å². The maximum Gasteiger partial charge on any atom is 0.135 e. The molecule has 0 saturated heterocycles. The first-order chi connectivity index (χ1) is 8.63. The number of aryl methyl sites for hydroxylation is 1. The van der Waals surface area contributed by atoms with Crippen LogP contribution in [0.15, 0.2) is 24.3 Å².